The average Bonchev–Trinajstić information content (AvgIpc) is 2.84. The molecule has 2 aromatic carbocycles. The number of amides is 2. The van der Waals surface area contributed by atoms with Crippen LogP contribution in [0.1, 0.15) is 43.7 Å². The quantitative estimate of drug-likeness (QED) is 0.419. The van der Waals surface area contributed by atoms with Gasteiger partial charge in [0.15, 0.2) is 0 Å². The molecule has 0 bridgehead atoms. The summed E-state index contributed by atoms with van der Waals surface area (Å²) in [5.41, 5.74) is 1.25. The summed E-state index contributed by atoms with van der Waals surface area (Å²) >= 11 is 5.81. The number of esters is 1. The number of nitrogens with zero attached hydrogens (tertiary/aromatic N) is 1. The molecular weight excluding hydrogens is 494 g/mol. The predicted octanol–water partition coefficient (Wildman–Crippen LogP) is 3.00. The van der Waals surface area contributed by atoms with E-state index in [0.29, 0.717) is 23.6 Å². The van der Waals surface area contributed by atoms with Crippen molar-refractivity contribution < 1.29 is 27.5 Å². The lowest BCUT2D eigenvalue weighted by molar-refractivity contribution is 0.0519. The lowest BCUT2D eigenvalue weighted by Gasteiger charge is -2.09. The zero-order valence-electron chi connectivity index (χ0n) is 18.7. The van der Waals surface area contributed by atoms with Crippen LogP contribution in [0.25, 0.3) is 0 Å². The maximum absolute atomic E-state index is 12.6. The summed E-state index contributed by atoms with van der Waals surface area (Å²) in [7, 11) is -4.13. The second kappa shape index (κ2) is 11.6. The van der Waals surface area contributed by atoms with Gasteiger partial charge in [0.05, 0.1) is 17.1 Å². The zero-order chi connectivity index (χ0) is 25.4. The van der Waals surface area contributed by atoms with Crippen molar-refractivity contribution in [3.05, 3.63) is 94.3 Å². The molecule has 0 aliphatic rings. The van der Waals surface area contributed by atoms with E-state index in [-0.39, 0.29) is 28.7 Å². The minimum absolute atomic E-state index is 0.00574. The van der Waals surface area contributed by atoms with Gasteiger partial charge in [-0.15, -0.1) is 0 Å². The fourth-order valence-electron chi connectivity index (χ4n) is 2.95. The number of benzene rings is 2. The highest BCUT2D eigenvalue weighted by Crippen LogP contribution is 2.13. The Morgan fingerprint density at radius 2 is 1.57 bits per heavy atom. The Kier molecular flexibility index (Phi) is 8.56. The maximum atomic E-state index is 12.6. The molecule has 1 aromatic heterocycles. The van der Waals surface area contributed by atoms with Crippen molar-refractivity contribution >= 4 is 39.4 Å². The van der Waals surface area contributed by atoms with Crippen LogP contribution in [0.4, 0.5) is 0 Å². The van der Waals surface area contributed by atoms with Crippen molar-refractivity contribution in [3.63, 3.8) is 0 Å². The molecule has 1 heterocycles. The number of rotatable bonds is 9. The maximum Gasteiger partial charge on any atom is 0.356 e. The number of nitrogens with one attached hydrogen (secondary N) is 2. The van der Waals surface area contributed by atoms with Gasteiger partial charge in [-0.1, -0.05) is 23.7 Å². The van der Waals surface area contributed by atoms with Crippen LogP contribution < -0.4 is 10.0 Å². The van der Waals surface area contributed by atoms with E-state index in [4.69, 9.17) is 16.3 Å². The van der Waals surface area contributed by atoms with Gasteiger partial charge in [0.2, 0.25) is 0 Å². The number of carbonyl (C=O) groups is 3. The van der Waals surface area contributed by atoms with Crippen LogP contribution in [-0.2, 0) is 21.2 Å². The summed E-state index contributed by atoms with van der Waals surface area (Å²) in [5, 5.41) is 3.32. The van der Waals surface area contributed by atoms with Crippen molar-refractivity contribution in [3.8, 4) is 0 Å². The van der Waals surface area contributed by atoms with Gasteiger partial charge in [-0.3, -0.25) is 9.59 Å². The number of carbonyl (C=O) groups excluding carboxylic acids is 3. The van der Waals surface area contributed by atoms with Crippen molar-refractivity contribution in [1.29, 1.82) is 0 Å². The number of sulfonamides is 1. The highest BCUT2D eigenvalue weighted by Gasteiger charge is 2.19. The molecule has 9 nitrogen and oxygen atoms in total. The number of hydrogen-bond donors (Lipinski definition) is 2. The number of ether oxygens (including phenoxy) is 1. The van der Waals surface area contributed by atoms with Crippen LogP contribution in [0.15, 0.2) is 71.8 Å². The Balaban J connectivity index is 1.55. The molecule has 3 aromatic rings. The number of aromatic nitrogens is 1. The highest BCUT2D eigenvalue weighted by molar-refractivity contribution is 7.90. The van der Waals surface area contributed by atoms with Crippen LogP contribution in [0.2, 0.25) is 5.02 Å². The summed E-state index contributed by atoms with van der Waals surface area (Å²) in [6.45, 7) is 2.18. The van der Waals surface area contributed by atoms with E-state index in [9.17, 15) is 22.8 Å². The van der Waals surface area contributed by atoms with Gasteiger partial charge in [0.25, 0.3) is 21.8 Å². The minimum Gasteiger partial charge on any atom is -0.461 e. The Morgan fingerprint density at radius 3 is 2.17 bits per heavy atom. The van der Waals surface area contributed by atoms with Crippen LogP contribution in [0, 0.1) is 0 Å². The zero-order valence-corrected chi connectivity index (χ0v) is 20.2. The van der Waals surface area contributed by atoms with E-state index in [1.165, 1.54) is 24.3 Å². The molecule has 2 amide bonds. The van der Waals surface area contributed by atoms with Crippen LogP contribution in [0.5, 0.6) is 0 Å². The first-order chi connectivity index (χ1) is 16.7. The van der Waals surface area contributed by atoms with E-state index in [1.54, 1.807) is 43.3 Å². The monoisotopic (exact) mass is 515 g/mol. The van der Waals surface area contributed by atoms with Gasteiger partial charge < -0.3 is 10.1 Å². The molecule has 0 saturated heterocycles. The van der Waals surface area contributed by atoms with Crippen LogP contribution in [0.3, 0.4) is 0 Å². The molecule has 0 unspecified atom stereocenters. The topological polar surface area (TPSA) is 132 Å². The average molecular weight is 516 g/mol. The molecule has 0 fully saturated rings. The first kappa shape index (κ1) is 25.9. The predicted molar refractivity (Wildman–Crippen MR) is 129 cm³/mol. The Labute approximate surface area is 207 Å². The highest BCUT2D eigenvalue weighted by atomic mass is 35.5. The van der Waals surface area contributed by atoms with E-state index >= 15 is 0 Å². The van der Waals surface area contributed by atoms with Gasteiger partial charge in [0, 0.05) is 23.3 Å². The summed E-state index contributed by atoms with van der Waals surface area (Å²) in [6, 6.07) is 15.0. The van der Waals surface area contributed by atoms with Crippen molar-refractivity contribution in [1.82, 2.24) is 15.0 Å². The summed E-state index contributed by atoms with van der Waals surface area (Å²) in [5.74, 6) is -1.77. The van der Waals surface area contributed by atoms with Gasteiger partial charge in [-0.25, -0.2) is 22.9 Å². The molecule has 0 saturated carbocycles. The molecule has 0 aliphatic carbocycles. The lowest BCUT2D eigenvalue weighted by Crippen LogP contribution is -2.30. The molecule has 182 valence electrons. The normalized spacial score (nSPS) is 10.9. The van der Waals surface area contributed by atoms with Gasteiger partial charge in [-0.05, 0) is 67.4 Å². The molecule has 0 atom stereocenters. The third kappa shape index (κ3) is 7.11. The summed E-state index contributed by atoms with van der Waals surface area (Å²) in [6.07, 6.45) is 1.57. The fraction of sp³-hybridized carbons (Fsp3) is 0.167. The molecule has 35 heavy (non-hydrogen) atoms. The molecule has 2 N–H and O–H groups in total. The molecule has 0 aliphatic heterocycles. The largest absolute Gasteiger partial charge is 0.461 e. The minimum atomic E-state index is -4.13. The second-order valence-corrected chi connectivity index (χ2v) is 9.36. The number of hydrogen-bond acceptors (Lipinski definition) is 7. The van der Waals surface area contributed by atoms with Crippen LogP contribution >= 0.6 is 11.6 Å². The van der Waals surface area contributed by atoms with E-state index in [2.05, 4.69) is 10.3 Å². The Bertz CT molecular complexity index is 1310. The molecular formula is C24H22ClN3O6S. The molecule has 11 heteroatoms. The SMILES string of the molecule is CCOC(=O)c1ccc(C(=O)NS(=O)(=O)c2ccc(CCNC(=O)c3ccc(Cl)cc3)cc2)cn1. The Morgan fingerprint density at radius 1 is 0.914 bits per heavy atom. The van der Waals surface area contributed by atoms with Gasteiger partial charge in [-0.2, -0.15) is 0 Å². The Hall–Kier alpha value is -3.76. The van der Waals surface area contributed by atoms with Crippen molar-refractivity contribution in [2.45, 2.75) is 18.2 Å². The third-order valence-electron chi connectivity index (χ3n) is 4.78. The lowest BCUT2D eigenvalue weighted by atomic mass is 10.1. The number of halogens is 1. The standard InChI is InChI=1S/C24H22ClN3O6S/c1-2-34-24(31)21-12-7-18(15-27-21)23(30)28-35(32,33)20-10-3-16(4-11-20)13-14-26-22(29)17-5-8-19(25)9-6-17/h3-12,15H,2,13-14H2,1H3,(H,26,29)(H,28,30). The van der Waals surface area contributed by atoms with Gasteiger partial charge >= 0.3 is 5.97 Å². The fourth-order valence-corrected chi connectivity index (χ4v) is 4.05. The smallest absolute Gasteiger partial charge is 0.356 e. The van der Waals surface area contributed by atoms with E-state index in [0.717, 1.165) is 11.8 Å². The van der Waals surface area contributed by atoms with Gasteiger partial charge in [0.1, 0.15) is 5.69 Å². The first-order valence-electron chi connectivity index (χ1n) is 10.5. The first-order valence-corrected chi connectivity index (χ1v) is 12.4. The molecule has 3 rings (SSSR count). The van der Waals surface area contributed by atoms with Crippen molar-refractivity contribution in [2.75, 3.05) is 13.2 Å². The van der Waals surface area contributed by atoms with Crippen LogP contribution in [-0.4, -0.2) is 44.3 Å². The summed E-state index contributed by atoms with van der Waals surface area (Å²) in [4.78, 5) is 39.9. The number of pyridine rings is 1. The molecule has 0 radical (unpaired) electrons. The van der Waals surface area contributed by atoms with E-state index < -0.39 is 21.9 Å². The van der Waals surface area contributed by atoms with Crippen molar-refractivity contribution in [2.24, 2.45) is 0 Å². The van der Waals surface area contributed by atoms with E-state index in [1.807, 2.05) is 4.72 Å². The second-order valence-electron chi connectivity index (χ2n) is 7.24. The third-order valence-corrected chi connectivity index (χ3v) is 6.38. The molecule has 0 spiro atoms. The summed E-state index contributed by atoms with van der Waals surface area (Å²) < 4.78 is 31.9.